The molecule has 0 aliphatic rings. The highest BCUT2D eigenvalue weighted by molar-refractivity contribution is 7.20. The average Bonchev–Trinajstić information content (AvgIpc) is 3.21. The molecule has 0 radical (unpaired) electrons. The van der Waals surface area contributed by atoms with Gasteiger partial charge in [-0.2, -0.15) is 0 Å². The summed E-state index contributed by atoms with van der Waals surface area (Å²) in [6, 6.07) is 27.0. The molecule has 5 heteroatoms. The van der Waals surface area contributed by atoms with E-state index in [1.54, 1.807) is 11.5 Å². The van der Waals surface area contributed by atoms with E-state index in [9.17, 15) is 4.79 Å². The van der Waals surface area contributed by atoms with E-state index in [-0.39, 0.29) is 0 Å². The van der Waals surface area contributed by atoms with Gasteiger partial charge in [0.05, 0.1) is 4.88 Å². The number of fused-ring (bicyclic) bond motifs is 1. The molecule has 0 saturated carbocycles. The second-order valence-electron chi connectivity index (χ2n) is 6.91. The molecule has 0 bridgehead atoms. The van der Waals surface area contributed by atoms with Gasteiger partial charge in [0.25, 0.3) is 5.91 Å². The Morgan fingerprint density at radius 3 is 2.38 bits per heavy atom. The molecule has 146 valence electrons. The molecule has 0 spiro atoms. The Hall–Kier alpha value is -2.99. The zero-order valence-corrected chi connectivity index (χ0v) is 16.7. The minimum absolute atomic E-state index is 0.475. The van der Waals surface area contributed by atoms with Crippen LogP contribution in [0.3, 0.4) is 0 Å². The number of carbonyl (C=O) groups excluding carboxylic acids is 1. The van der Waals surface area contributed by atoms with Gasteiger partial charge < -0.3 is 5.32 Å². The zero-order chi connectivity index (χ0) is 20.1. The number of hydroxylamine groups is 1. The summed E-state index contributed by atoms with van der Waals surface area (Å²) in [5.41, 5.74) is 6.53. The van der Waals surface area contributed by atoms with Gasteiger partial charge in [0.2, 0.25) is 0 Å². The second-order valence-corrected chi connectivity index (χ2v) is 8.00. The third kappa shape index (κ3) is 4.71. The van der Waals surface area contributed by atoms with E-state index in [4.69, 9.17) is 5.21 Å². The van der Waals surface area contributed by atoms with Crippen LogP contribution in [0.4, 0.5) is 0 Å². The van der Waals surface area contributed by atoms with Gasteiger partial charge >= 0.3 is 0 Å². The van der Waals surface area contributed by atoms with Crippen molar-refractivity contribution in [2.45, 2.75) is 13.0 Å². The van der Waals surface area contributed by atoms with E-state index in [0.717, 1.165) is 40.7 Å². The normalized spacial score (nSPS) is 10.9. The van der Waals surface area contributed by atoms with Crippen LogP contribution in [0.5, 0.6) is 0 Å². The predicted octanol–water partition coefficient (Wildman–Crippen LogP) is 5.02. The summed E-state index contributed by atoms with van der Waals surface area (Å²) < 4.78 is 1.02. The van der Waals surface area contributed by atoms with Crippen molar-refractivity contribution in [2.24, 2.45) is 0 Å². The van der Waals surface area contributed by atoms with Crippen LogP contribution < -0.4 is 10.8 Å². The Kier molecular flexibility index (Phi) is 6.00. The third-order valence-electron chi connectivity index (χ3n) is 4.89. The summed E-state index contributed by atoms with van der Waals surface area (Å²) in [6.45, 7) is 1.79. The third-order valence-corrected chi connectivity index (χ3v) is 6.01. The highest BCUT2D eigenvalue weighted by atomic mass is 32.1. The summed E-state index contributed by atoms with van der Waals surface area (Å²) in [6.07, 6.45) is 1.02. The zero-order valence-electron chi connectivity index (χ0n) is 15.9. The summed E-state index contributed by atoms with van der Waals surface area (Å²) in [5.74, 6) is -0.475. The maximum atomic E-state index is 11.6. The van der Waals surface area contributed by atoms with Crippen molar-refractivity contribution in [1.82, 2.24) is 10.8 Å². The van der Waals surface area contributed by atoms with Crippen LogP contribution >= 0.6 is 11.3 Å². The van der Waals surface area contributed by atoms with E-state index in [0.29, 0.717) is 4.88 Å². The van der Waals surface area contributed by atoms with E-state index in [1.165, 1.54) is 22.5 Å². The van der Waals surface area contributed by atoms with E-state index >= 15 is 0 Å². The van der Waals surface area contributed by atoms with E-state index in [1.807, 2.05) is 12.1 Å². The maximum Gasteiger partial charge on any atom is 0.284 e. The van der Waals surface area contributed by atoms with Crippen LogP contribution in [0.25, 0.3) is 21.2 Å². The Bertz CT molecular complexity index is 1100. The number of hydrogen-bond donors (Lipinski definition) is 3. The number of thiophene rings is 1. The van der Waals surface area contributed by atoms with E-state index in [2.05, 4.69) is 66.0 Å². The molecule has 4 rings (SSSR count). The first-order valence-electron chi connectivity index (χ1n) is 9.55. The Labute approximate surface area is 173 Å². The SMILES string of the molecule is O=C(NO)c1cc2cc(-c3ccc(CNCCc4ccccc4)cc3)ccc2s1. The second kappa shape index (κ2) is 9.01. The standard InChI is InChI=1S/C24H22N2O2S/c27-24(26-28)23-15-21-14-20(10-11-22(21)29-23)19-8-6-18(7-9-19)16-25-13-12-17-4-2-1-3-5-17/h1-11,14-15,25,28H,12-13,16H2,(H,26,27). The van der Waals surface area contributed by atoms with Crippen LogP contribution in [0, 0.1) is 0 Å². The van der Waals surface area contributed by atoms with Crippen molar-refractivity contribution in [3.8, 4) is 11.1 Å². The van der Waals surface area contributed by atoms with Crippen LogP contribution in [-0.4, -0.2) is 17.7 Å². The van der Waals surface area contributed by atoms with Crippen molar-refractivity contribution in [3.05, 3.63) is 94.9 Å². The van der Waals surface area contributed by atoms with Gasteiger partial charge in [0.15, 0.2) is 0 Å². The molecule has 4 nitrogen and oxygen atoms in total. The first-order chi connectivity index (χ1) is 14.2. The Balaban J connectivity index is 1.38. The summed E-state index contributed by atoms with van der Waals surface area (Å²) >= 11 is 1.37. The van der Waals surface area contributed by atoms with Crippen LogP contribution in [0.1, 0.15) is 20.8 Å². The Morgan fingerprint density at radius 2 is 1.62 bits per heavy atom. The van der Waals surface area contributed by atoms with Crippen molar-refractivity contribution in [3.63, 3.8) is 0 Å². The topological polar surface area (TPSA) is 61.4 Å². The van der Waals surface area contributed by atoms with Crippen LogP contribution in [0.15, 0.2) is 78.9 Å². The average molecular weight is 403 g/mol. The molecule has 4 aromatic rings. The predicted molar refractivity (Wildman–Crippen MR) is 118 cm³/mol. The minimum Gasteiger partial charge on any atom is -0.312 e. The molecule has 0 unspecified atom stereocenters. The molecular formula is C24H22N2O2S. The van der Waals surface area contributed by atoms with Crippen molar-refractivity contribution >= 4 is 27.3 Å². The fraction of sp³-hybridized carbons (Fsp3) is 0.125. The largest absolute Gasteiger partial charge is 0.312 e. The lowest BCUT2D eigenvalue weighted by atomic mass is 10.0. The van der Waals surface area contributed by atoms with Gasteiger partial charge in [0.1, 0.15) is 0 Å². The number of amides is 1. The molecule has 1 aromatic heterocycles. The van der Waals surface area contributed by atoms with Crippen molar-refractivity contribution < 1.29 is 10.0 Å². The quantitative estimate of drug-likeness (QED) is 0.231. The van der Waals surface area contributed by atoms with Gasteiger partial charge in [-0.3, -0.25) is 10.0 Å². The molecule has 1 heterocycles. The fourth-order valence-electron chi connectivity index (χ4n) is 3.32. The molecule has 1 amide bonds. The number of benzene rings is 3. The monoisotopic (exact) mass is 402 g/mol. The molecule has 0 fully saturated rings. The van der Waals surface area contributed by atoms with Gasteiger partial charge in [-0.25, -0.2) is 5.48 Å². The van der Waals surface area contributed by atoms with Crippen molar-refractivity contribution in [2.75, 3.05) is 6.54 Å². The first-order valence-corrected chi connectivity index (χ1v) is 10.4. The summed E-state index contributed by atoms with van der Waals surface area (Å²) in [4.78, 5) is 12.1. The van der Waals surface area contributed by atoms with Gasteiger partial charge in [-0.1, -0.05) is 60.7 Å². The fourth-order valence-corrected chi connectivity index (χ4v) is 4.25. The summed E-state index contributed by atoms with van der Waals surface area (Å²) in [5, 5.41) is 13.3. The smallest absolute Gasteiger partial charge is 0.284 e. The van der Waals surface area contributed by atoms with Crippen LogP contribution in [0.2, 0.25) is 0 Å². The number of carbonyl (C=O) groups is 1. The van der Waals surface area contributed by atoms with Gasteiger partial charge in [-0.15, -0.1) is 11.3 Å². The maximum absolute atomic E-state index is 11.6. The molecule has 3 N–H and O–H groups in total. The molecule has 29 heavy (non-hydrogen) atoms. The lowest BCUT2D eigenvalue weighted by Gasteiger charge is -2.07. The van der Waals surface area contributed by atoms with Crippen LogP contribution in [-0.2, 0) is 13.0 Å². The highest BCUT2D eigenvalue weighted by Crippen LogP contribution is 2.30. The molecule has 0 saturated heterocycles. The molecule has 0 aliphatic heterocycles. The molecular weight excluding hydrogens is 380 g/mol. The Morgan fingerprint density at radius 1 is 0.862 bits per heavy atom. The first kappa shape index (κ1) is 19.3. The molecule has 0 atom stereocenters. The number of nitrogens with one attached hydrogen (secondary N) is 2. The van der Waals surface area contributed by atoms with Crippen molar-refractivity contribution in [1.29, 1.82) is 0 Å². The summed E-state index contributed by atoms with van der Waals surface area (Å²) in [7, 11) is 0. The molecule has 3 aromatic carbocycles. The van der Waals surface area contributed by atoms with E-state index < -0.39 is 5.91 Å². The lowest BCUT2D eigenvalue weighted by molar-refractivity contribution is 0.0711. The lowest BCUT2D eigenvalue weighted by Crippen LogP contribution is -2.16. The van der Waals surface area contributed by atoms with Gasteiger partial charge in [0, 0.05) is 11.2 Å². The highest BCUT2D eigenvalue weighted by Gasteiger charge is 2.10. The number of hydrogen-bond acceptors (Lipinski definition) is 4. The number of rotatable bonds is 7. The van der Waals surface area contributed by atoms with Gasteiger partial charge in [-0.05, 0) is 58.8 Å². The minimum atomic E-state index is -0.475. The molecule has 0 aliphatic carbocycles.